The Hall–Kier alpha value is -1.09. The molecule has 0 heterocycles. The van der Waals surface area contributed by atoms with Gasteiger partial charge in [-0.25, -0.2) is 13.1 Å². The van der Waals surface area contributed by atoms with Crippen molar-refractivity contribution < 1.29 is 17.9 Å². The molecule has 8 heteroatoms. The first-order valence-electron chi connectivity index (χ1n) is 6.79. The molecule has 0 aromatic heterocycles. The molecule has 0 atom stereocenters. The molecule has 1 aromatic rings. The van der Waals surface area contributed by atoms with Crippen LogP contribution in [0.15, 0.2) is 28.0 Å². The first-order chi connectivity index (χ1) is 10.3. The normalized spacial score (nSPS) is 11.7. The largest absolute Gasteiger partial charge is 0.383 e. The summed E-state index contributed by atoms with van der Waals surface area (Å²) in [4.78, 5) is 12.8. The van der Waals surface area contributed by atoms with Crippen molar-refractivity contribution in [3.8, 4) is 0 Å². The molecule has 6 nitrogen and oxygen atoms in total. The Labute approximate surface area is 136 Å². The number of carbonyl (C=O) groups excluding carboxylic acids is 1. The molecule has 0 spiro atoms. The third-order valence-electron chi connectivity index (χ3n) is 2.86. The number of rotatable bonds is 8. The number of thioether (sulfide) groups is 1. The van der Waals surface area contributed by atoms with E-state index in [0.29, 0.717) is 12.3 Å². The van der Waals surface area contributed by atoms with E-state index in [0.717, 1.165) is 4.90 Å². The Morgan fingerprint density at radius 1 is 1.36 bits per heavy atom. The summed E-state index contributed by atoms with van der Waals surface area (Å²) in [7, 11) is -2.13. The maximum atomic E-state index is 12.2. The van der Waals surface area contributed by atoms with E-state index in [1.54, 1.807) is 19.9 Å². The van der Waals surface area contributed by atoms with E-state index >= 15 is 0 Å². The van der Waals surface area contributed by atoms with Crippen molar-refractivity contribution in [1.29, 1.82) is 0 Å². The van der Waals surface area contributed by atoms with Crippen LogP contribution in [0.5, 0.6) is 0 Å². The minimum atomic E-state index is -3.63. The highest BCUT2D eigenvalue weighted by atomic mass is 32.2. The minimum absolute atomic E-state index is 0.112. The average molecular weight is 346 g/mol. The summed E-state index contributed by atoms with van der Waals surface area (Å²) in [6.07, 6.45) is 1.87. The number of hydrogen-bond acceptors (Lipinski definition) is 5. The van der Waals surface area contributed by atoms with Crippen molar-refractivity contribution >= 4 is 33.4 Å². The molecule has 0 bridgehead atoms. The molecular formula is C14H22N2O4S2. The lowest BCUT2D eigenvalue weighted by atomic mass is 10.2. The first-order valence-corrected chi connectivity index (χ1v) is 9.50. The van der Waals surface area contributed by atoms with Crippen LogP contribution in [0.3, 0.4) is 0 Å². The standard InChI is InChI=1S/C14H22N2O4S2/c1-10(2)14(17)16-12-9-11(5-6-13(12)21-4)22(18,19)15-7-8-20-3/h5-6,9-10,15H,7-8H2,1-4H3,(H,16,17). The summed E-state index contributed by atoms with van der Waals surface area (Å²) >= 11 is 1.44. The number of benzene rings is 1. The first kappa shape index (κ1) is 19.0. The van der Waals surface area contributed by atoms with E-state index in [1.807, 2.05) is 6.26 Å². The van der Waals surface area contributed by atoms with Crippen molar-refractivity contribution in [2.45, 2.75) is 23.6 Å². The number of anilines is 1. The monoisotopic (exact) mass is 346 g/mol. The lowest BCUT2D eigenvalue weighted by Gasteiger charge is -2.13. The molecule has 124 valence electrons. The van der Waals surface area contributed by atoms with Gasteiger partial charge < -0.3 is 10.1 Å². The van der Waals surface area contributed by atoms with Crippen LogP contribution in [0.2, 0.25) is 0 Å². The molecule has 0 radical (unpaired) electrons. The van der Waals surface area contributed by atoms with Gasteiger partial charge in [0.1, 0.15) is 0 Å². The molecular weight excluding hydrogens is 324 g/mol. The number of methoxy groups -OCH3 is 1. The predicted octanol–water partition coefficient (Wildman–Crippen LogP) is 1.93. The fourth-order valence-electron chi connectivity index (χ4n) is 1.59. The summed E-state index contributed by atoms with van der Waals surface area (Å²) in [5.41, 5.74) is 0.501. The SMILES string of the molecule is COCCNS(=O)(=O)c1ccc(SC)c(NC(=O)C(C)C)c1. The van der Waals surface area contributed by atoms with Crippen LogP contribution in [-0.4, -0.2) is 40.8 Å². The van der Waals surface area contributed by atoms with Crippen LogP contribution in [-0.2, 0) is 19.6 Å². The fraction of sp³-hybridized carbons (Fsp3) is 0.500. The van der Waals surface area contributed by atoms with Crippen LogP contribution in [0.4, 0.5) is 5.69 Å². The van der Waals surface area contributed by atoms with E-state index in [4.69, 9.17) is 4.74 Å². The molecule has 0 aliphatic heterocycles. The summed E-state index contributed by atoms with van der Waals surface area (Å²) in [6, 6.07) is 4.68. The number of hydrogen-bond donors (Lipinski definition) is 2. The van der Waals surface area contributed by atoms with E-state index < -0.39 is 10.0 Å². The molecule has 0 unspecified atom stereocenters. The van der Waals surface area contributed by atoms with Gasteiger partial charge in [-0.1, -0.05) is 13.8 Å². The molecule has 0 saturated heterocycles. The zero-order valence-corrected chi connectivity index (χ0v) is 14.8. The van der Waals surface area contributed by atoms with E-state index in [9.17, 15) is 13.2 Å². The summed E-state index contributed by atoms with van der Waals surface area (Å²) < 4.78 is 31.7. The Balaban J connectivity index is 3.06. The number of nitrogens with one attached hydrogen (secondary N) is 2. The second-order valence-corrected chi connectivity index (χ2v) is 7.51. The molecule has 0 aliphatic carbocycles. The smallest absolute Gasteiger partial charge is 0.240 e. The van der Waals surface area contributed by atoms with Gasteiger partial charge in [0.15, 0.2) is 0 Å². The van der Waals surface area contributed by atoms with Gasteiger partial charge in [0, 0.05) is 24.5 Å². The maximum absolute atomic E-state index is 12.2. The summed E-state index contributed by atoms with van der Waals surface area (Å²) in [5.74, 6) is -0.341. The van der Waals surface area contributed by atoms with Crippen LogP contribution in [0, 0.1) is 5.92 Å². The molecule has 1 rings (SSSR count). The number of ether oxygens (including phenoxy) is 1. The molecule has 0 aliphatic rings. The van der Waals surface area contributed by atoms with Gasteiger partial charge in [0.25, 0.3) is 0 Å². The van der Waals surface area contributed by atoms with E-state index in [-0.39, 0.29) is 23.3 Å². The third-order valence-corrected chi connectivity index (χ3v) is 5.12. The van der Waals surface area contributed by atoms with Gasteiger partial charge in [0.2, 0.25) is 15.9 Å². The quantitative estimate of drug-likeness (QED) is 0.555. The molecule has 0 fully saturated rings. The minimum Gasteiger partial charge on any atom is -0.383 e. The van der Waals surface area contributed by atoms with Crippen molar-refractivity contribution in [1.82, 2.24) is 4.72 Å². The summed E-state index contributed by atoms with van der Waals surface area (Å²) in [5, 5.41) is 2.76. The zero-order chi connectivity index (χ0) is 16.8. The van der Waals surface area contributed by atoms with Gasteiger partial charge in [-0.3, -0.25) is 4.79 Å². The van der Waals surface area contributed by atoms with Crippen molar-refractivity contribution in [3.05, 3.63) is 18.2 Å². The highest BCUT2D eigenvalue weighted by Crippen LogP contribution is 2.28. The Kier molecular flexibility index (Phi) is 7.34. The second kappa shape index (κ2) is 8.52. The van der Waals surface area contributed by atoms with Crippen LogP contribution < -0.4 is 10.0 Å². The van der Waals surface area contributed by atoms with Gasteiger partial charge >= 0.3 is 0 Å². The fourth-order valence-corrected chi connectivity index (χ4v) is 3.16. The van der Waals surface area contributed by atoms with Gasteiger partial charge in [-0.05, 0) is 24.5 Å². The predicted molar refractivity (Wildman–Crippen MR) is 88.8 cm³/mol. The van der Waals surface area contributed by atoms with Crippen LogP contribution >= 0.6 is 11.8 Å². The third kappa shape index (κ3) is 5.28. The van der Waals surface area contributed by atoms with Gasteiger partial charge in [0.05, 0.1) is 17.2 Å². The van der Waals surface area contributed by atoms with Gasteiger partial charge in [-0.2, -0.15) is 0 Å². The molecule has 2 N–H and O–H groups in total. The van der Waals surface area contributed by atoms with Crippen molar-refractivity contribution in [3.63, 3.8) is 0 Å². The average Bonchev–Trinajstić information content (AvgIpc) is 2.47. The van der Waals surface area contributed by atoms with Gasteiger partial charge in [-0.15, -0.1) is 11.8 Å². The molecule has 0 saturated carbocycles. The van der Waals surface area contributed by atoms with E-state index in [1.165, 1.54) is 31.0 Å². The second-order valence-electron chi connectivity index (χ2n) is 4.90. The number of amides is 1. The molecule has 22 heavy (non-hydrogen) atoms. The Morgan fingerprint density at radius 3 is 2.59 bits per heavy atom. The van der Waals surface area contributed by atoms with Crippen LogP contribution in [0.1, 0.15) is 13.8 Å². The molecule has 1 aromatic carbocycles. The van der Waals surface area contributed by atoms with Crippen molar-refractivity contribution in [2.75, 3.05) is 31.8 Å². The van der Waals surface area contributed by atoms with Crippen LogP contribution in [0.25, 0.3) is 0 Å². The number of sulfonamides is 1. The highest BCUT2D eigenvalue weighted by Gasteiger charge is 2.17. The lowest BCUT2D eigenvalue weighted by molar-refractivity contribution is -0.118. The maximum Gasteiger partial charge on any atom is 0.240 e. The van der Waals surface area contributed by atoms with E-state index in [2.05, 4.69) is 10.0 Å². The summed E-state index contributed by atoms with van der Waals surface area (Å²) in [6.45, 7) is 4.04. The lowest BCUT2D eigenvalue weighted by Crippen LogP contribution is -2.27. The zero-order valence-electron chi connectivity index (χ0n) is 13.2. The topological polar surface area (TPSA) is 84.5 Å². The Bertz CT molecular complexity index is 615. The number of carbonyl (C=O) groups is 1. The highest BCUT2D eigenvalue weighted by molar-refractivity contribution is 7.98. The molecule has 1 amide bonds. The Morgan fingerprint density at radius 2 is 2.05 bits per heavy atom. The van der Waals surface area contributed by atoms with Crippen molar-refractivity contribution in [2.24, 2.45) is 5.92 Å².